The van der Waals surface area contributed by atoms with Crippen LogP contribution in [0.1, 0.15) is 31.7 Å². The van der Waals surface area contributed by atoms with E-state index < -0.39 is 49.8 Å². The van der Waals surface area contributed by atoms with Crippen LogP contribution < -0.4 is 22.1 Å². The molecule has 3 amide bonds. The number of phenols is 1. The van der Waals surface area contributed by atoms with E-state index in [-0.39, 0.29) is 24.3 Å². The maximum Gasteiger partial charge on any atom is 0.350 e. The average molecular weight is 491 g/mol. The van der Waals surface area contributed by atoms with Gasteiger partial charge in [0.15, 0.2) is 0 Å². The molecule has 0 radical (unpaired) electrons. The van der Waals surface area contributed by atoms with Crippen LogP contribution in [0.4, 0.5) is 0 Å². The van der Waals surface area contributed by atoms with Crippen molar-refractivity contribution in [2.24, 2.45) is 11.5 Å². The average Bonchev–Trinajstić information content (AvgIpc) is 2.74. The molecule has 0 aromatic heterocycles. The van der Waals surface area contributed by atoms with Gasteiger partial charge in [-0.25, -0.2) is 0 Å². The Bertz CT molecular complexity index is 824. The lowest BCUT2D eigenvalue weighted by molar-refractivity contribution is -0.128. The van der Waals surface area contributed by atoms with Gasteiger partial charge in [-0.1, -0.05) is 31.9 Å². The number of phenolic OH excluding ortho intramolecular Hbond substituents is 1. The molecule has 0 bridgehead atoms. The highest BCUT2D eigenvalue weighted by Gasteiger charge is 2.35. The monoisotopic (exact) mass is 490 g/mol. The van der Waals surface area contributed by atoms with Crippen molar-refractivity contribution >= 4 is 37.9 Å². The summed E-state index contributed by atoms with van der Waals surface area (Å²) in [6.07, 6.45) is 1.48. The van der Waals surface area contributed by atoms with Gasteiger partial charge in [0, 0.05) is 5.75 Å². The molecule has 13 heteroatoms. The van der Waals surface area contributed by atoms with Crippen molar-refractivity contribution < 1.29 is 33.5 Å². The number of nitrogens with one attached hydrogen (secondary N) is 2. The van der Waals surface area contributed by atoms with E-state index in [4.69, 9.17) is 16.0 Å². The van der Waals surface area contributed by atoms with Crippen LogP contribution in [0.3, 0.4) is 0 Å². The number of unbranched alkanes of at least 4 members (excludes halogenated alkanes) is 1. The lowest BCUT2D eigenvalue weighted by Gasteiger charge is -2.25. The lowest BCUT2D eigenvalue weighted by atomic mass is 10.1. The summed E-state index contributed by atoms with van der Waals surface area (Å²) in [5.74, 6) is -3.55. The maximum atomic E-state index is 12.7. The van der Waals surface area contributed by atoms with E-state index in [9.17, 15) is 28.9 Å². The highest BCUT2D eigenvalue weighted by atomic mass is 32.1. The Balaban J connectivity index is 2.75. The topological polar surface area (TPSA) is 194 Å². The number of aromatic hydroxyl groups is 1. The number of thiol groups is 1. The number of hydrogen-bond donors (Lipinski definition) is 7. The van der Waals surface area contributed by atoms with Gasteiger partial charge in [0.05, 0.1) is 6.04 Å². The molecule has 180 valence electrons. The summed E-state index contributed by atoms with van der Waals surface area (Å²) in [5, 5.41) is 14.0. The van der Waals surface area contributed by atoms with Gasteiger partial charge in [-0.3, -0.25) is 23.5 Å². The molecule has 8 N–H and O–H groups in total. The van der Waals surface area contributed by atoms with Gasteiger partial charge in [-0.05, 0) is 30.5 Å². The van der Waals surface area contributed by atoms with E-state index >= 15 is 0 Å². The van der Waals surface area contributed by atoms with E-state index in [1.165, 1.54) is 12.1 Å². The maximum absolute atomic E-state index is 12.7. The van der Waals surface area contributed by atoms with E-state index in [0.29, 0.717) is 18.4 Å². The largest absolute Gasteiger partial charge is 0.508 e. The summed E-state index contributed by atoms with van der Waals surface area (Å²) in [4.78, 5) is 46.0. The second-order valence-electron chi connectivity index (χ2n) is 7.19. The van der Waals surface area contributed by atoms with Crippen LogP contribution in [0, 0.1) is 0 Å². The number of amides is 3. The molecule has 0 aliphatic heterocycles. The molecule has 1 aromatic rings. The highest BCUT2D eigenvalue weighted by molar-refractivity contribution is 7.80. The molecule has 1 aromatic carbocycles. The van der Waals surface area contributed by atoms with E-state index in [1.807, 2.05) is 6.92 Å². The fourth-order valence-corrected chi connectivity index (χ4v) is 4.20. The molecule has 2 unspecified atom stereocenters. The molecule has 32 heavy (non-hydrogen) atoms. The smallest absolute Gasteiger partial charge is 0.350 e. The molecular formula is C19H31N4O7PS. The van der Waals surface area contributed by atoms with E-state index in [0.717, 1.165) is 0 Å². The van der Waals surface area contributed by atoms with Gasteiger partial charge in [-0.2, -0.15) is 12.6 Å². The van der Waals surface area contributed by atoms with Crippen LogP contribution in [0.5, 0.6) is 5.75 Å². The van der Waals surface area contributed by atoms with Crippen LogP contribution in [-0.4, -0.2) is 57.9 Å². The Morgan fingerprint density at radius 1 is 1.22 bits per heavy atom. The van der Waals surface area contributed by atoms with Gasteiger partial charge < -0.3 is 32.1 Å². The van der Waals surface area contributed by atoms with Crippen molar-refractivity contribution in [1.82, 2.24) is 10.6 Å². The fourth-order valence-electron chi connectivity index (χ4n) is 2.65. The van der Waals surface area contributed by atoms with Crippen molar-refractivity contribution in [2.45, 2.75) is 50.5 Å². The third-order valence-electron chi connectivity index (χ3n) is 4.50. The minimum absolute atomic E-state index is 0.0496. The molecule has 1 rings (SSSR count). The predicted octanol–water partition coefficient (Wildman–Crippen LogP) is -0.00360. The van der Waals surface area contributed by atoms with Crippen LogP contribution in [0.2, 0.25) is 0 Å². The first kappa shape index (κ1) is 27.9. The Kier molecular flexibility index (Phi) is 11.7. The number of benzene rings is 1. The van der Waals surface area contributed by atoms with Gasteiger partial charge in [0.25, 0.3) is 0 Å². The number of primary amides is 1. The second kappa shape index (κ2) is 13.4. The van der Waals surface area contributed by atoms with E-state index in [2.05, 4.69) is 23.3 Å². The Hall–Kier alpha value is -2.11. The van der Waals surface area contributed by atoms with Crippen molar-refractivity contribution in [3.8, 4) is 5.75 Å². The first-order valence-electron chi connectivity index (χ1n) is 10.0. The minimum Gasteiger partial charge on any atom is -0.508 e. The summed E-state index contributed by atoms with van der Waals surface area (Å²) in [6.45, 7) is 1.05. The quantitative estimate of drug-likeness (QED) is 0.140. The molecule has 0 aliphatic carbocycles. The van der Waals surface area contributed by atoms with Crippen LogP contribution in [0.25, 0.3) is 0 Å². The number of nitrogens with two attached hydrogens (primary N) is 2. The number of hydrogen-bond acceptors (Lipinski definition) is 8. The van der Waals surface area contributed by atoms with Gasteiger partial charge in [-0.15, -0.1) is 0 Å². The zero-order valence-corrected chi connectivity index (χ0v) is 19.6. The minimum atomic E-state index is -4.46. The van der Waals surface area contributed by atoms with Crippen molar-refractivity contribution in [1.29, 1.82) is 0 Å². The number of rotatable bonds is 14. The van der Waals surface area contributed by atoms with Gasteiger partial charge in [0.2, 0.25) is 17.7 Å². The van der Waals surface area contributed by atoms with Gasteiger partial charge in [0.1, 0.15) is 24.2 Å². The Labute approximate surface area is 192 Å². The summed E-state index contributed by atoms with van der Waals surface area (Å²) in [7, 11) is -4.46. The molecule has 0 heterocycles. The van der Waals surface area contributed by atoms with E-state index in [1.54, 1.807) is 12.1 Å². The first-order valence-corrected chi connectivity index (χ1v) is 12.3. The molecule has 0 fully saturated rings. The zero-order valence-electron chi connectivity index (χ0n) is 17.8. The Morgan fingerprint density at radius 2 is 1.84 bits per heavy atom. The zero-order chi connectivity index (χ0) is 24.3. The second-order valence-corrected chi connectivity index (χ2v) is 9.56. The summed E-state index contributed by atoms with van der Waals surface area (Å²) in [5.41, 5.74) is 11.7. The standard InChI is InChI=1S/C19H31N4O7PS/c1-2-3-4-17(23-19(27)14(20)9-12-5-7-13(24)8-6-12)31(28,29)30-10-16(25)22-15(11-32)18(21)26/h5-8,14-15,17,24,32H,2-4,9-11,20H2,1H3,(H2,21,26)(H,22,25)(H,23,27)(H,28,29)/t14-,15-,17?/m0/s1. The third kappa shape index (κ3) is 9.58. The van der Waals surface area contributed by atoms with Crippen LogP contribution in [-0.2, 0) is 29.9 Å². The normalized spacial score (nSPS) is 15.8. The lowest BCUT2D eigenvalue weighted by Crippen LogP contribution is -2.48. The summed E-state index contributed by atoms with van der Waals surface area (Å²) < 4.78 is 17.7. The summed E-state index contributed by atoms with van der Waals surface area (Å²) in [6, 6.07) is 4.07. The van der Waals surface area contributed by atoms with Crippen molar-refractivity contribution in [2.75, 3.05) is 12.4 Å². The van der Waals surface area contributed by atoms with Gasteiger partial charge >= 0.3 is 7.60 Å². The highest BCUT2D eigenvalue weighted by Crippen LogP contribution is 2.48. The third-order valence-corrected chi connectivity index (χ3v) is 6.54. The molecule has 0 saturated carbocycles. The number of carbonyl (C=O) groups is 3. The molecule has 0 saturated heterocycles. The van der Waals surface area contributed by atoms with Crippen molar-refractivity contribution in [3.05, 3.63) is 29.8 Å². The van der Waals surface area contributed by atoms with Crippen LogP contribution >= 0.6 is 20.2 Å². The SMILES string of the molecule is CCCCC(NC(=O)[C@@H](N)Cc1ccc(O)cc1)P(=O)(O)OCC(=O)N[C@@H](CS)C(N)=O. The summed E-state index contributed by atoms with van der Waals surface area (Å²) >= 11 is 3.89. The molecule has 0 spiro atoms. The fraction of sp³-hybridized carbons (Fsp3) is 0.526. The molecule has 4 atom stereocenters. The predicted molar refractivity (Wildman–Crippen MR) is 122 cm³/mol. The molecule has 0 aliphatic rings. The van der Waals surface area contributed by atoms with Crippen molar-refractivity contribution in [3.63, 3.8) is 0 Å². The van der Waals surface area contributed by atoms with Crippen LogP contribution in [0.15, 0.2) is 24.3 Å². The first-order chi connectivity index (χ1) is 15.0. The molecule has 11 nitrogen and oxygen atoms in total. The molecular weight excluding hydrogens is 459 g/mol. The number of carbonyl (C=O) groups excluding carboxylic acids is 3. The Morgan fingerprint density at radius 3 is 2.38 bits per heavy atom.